The molecule has 6 nitrogen and oxygen atoms in total. The van der Waals surface area contributed by atoms with E-state index in [0.29, 0.717) is 22.2 Å². The third-order valence-corrected chi connectivity index (χ3v) is 3.53. The highest BCUT2D eigenvalue weighted by atomic mass is 35.5. The molecule has 0 spiro atoms. The van der Waals surface area contributed by atoms with Crippen molar-refractivity contribution in [3.8, 4) is 11.5 Å². The molecule has 1 amide bonds. The molecule has 0 aliphatic heterocycles. The third-order valence-electron chi connectivity index (χ3n) is 3.29. The minimum absolute atomic E-state index is 0.312. The van der Waals surface area contributed by atoms with Crippen LogP contribution < -0.4 is 14.8 Å². The van der Waals surface area contributed by atoms with Crippen molar-refractivity contribution in [1.29, 1.82) is 0 Å². The van der Waals surface area contributed by atoms with E-state index in [1.54, 1.807) is 49.4 Å². The minimum atomic E-state index is -1.05. The van der Waals surface area contributed by atoms with Crippen LogP contribution in [-0.2, 0) is 9.59 Å². The van der Waals surface area contributed by atoms with Gasteiger partial charge in [-0.1, -0.05) is 11.6 Å². The maximum absolute atomic E-state index is 12.2. The molecular weight excluding hydrogens is 346 g/mol. The van der Waals surface area contributed by atoms with E-state index >= 15 is 0 Å². The number of aryl methyl sites for hydroxylation is 1. The molecule has 2 aromatic rings. The molecule has 2 N–H and O–H groups in total. The normalized spacial score (nSPS) is 11.5. The lowest BCUT2D eigenvalue weighted by Gasteiger charge is -2.16. The number of halogens is 1. The Kier molecular flexibility index (Phi) is 6.25. The van der Waals surface area contributed by atoms with Crippen molar-refractivity contribution >= 4 is 29.2 Å². The number of hydrogen-bond donors (Lipinski definition) is 2. The van der Waals surface area contributed by atoms with E-state index < -0.39 is 18.7 Å². The molecule has 0 saturated heterocycles. The number of ether oxygens (including phenoxy) is 2. The van der Waals surface area contributed by atoms with Gasteiger partial charge in [0.2, 0.25) is 0 Å². The summed E-state index contributed by atoms with van der Waals surface area (Å²) in [6.07, 6.45) is -0.706. The molecule has 0 aliphatic rings. The van der Waals surface area contributed by atoms with Crippen molar-refractivity contribution in [1.82, 2.24) is 0 Å². The number of benzene rings is 2. The molecule has 0 radical (unpaired) electrons. The predicted octanol–water partition coefficient (Wildman–Crippen LogP) is 3.52. The average Bonchev–Trinajstić information content (AvgIpc) is 2.56. The molecule has 132 valence electrons. The summed E-state index contributed by atoms with van der Waals surface area (Å²) in [6, 6.07) is 11.6. The van der Waals surface area contributed by atoms with E-state index in [4.69, 9.17) is 26.2 Å². The Labute approximate surface area is 150 Å². The van der Waals surface area contributed by atoms with Gasteiger partial charge in [0.15, 0.2) is 12.7 Å². The van der Waals surface area contributed by atoms with E-state index in [9.17, 15) is 9.59 Å². The van der Waals surface area contributed by atoms with Crippen LogP contribution >= 0.6 is 11.6 Å². The molecule has 7 heteroatoms. The summed E-state index contributed by atoms with van der Waals surface area (Å²) in [5.41, 5.74) is 1.39. The van der Waals surface area contributed by atoms with E-state index in [1.807, 2.05) is 6.92 Å². The number of amides is 1. The number of aliphatic carboxylic acids is 1. The van der Waals surface area contributed by atoms with Gasteiger partial charge >= 0.3 is 5.97 Å². The van der Waals surface area contributed by atoms with Crippen molar-refractivity contribution in [2.75, 3.05) is 11.9 Å². The molecule has 1 atom stereocenters. The summed E-state index contributed by atoms with van der Waals surface area (Å²) in [5.74, 6) is -0.375. The summed E-state index contributed by atoms with van der Waals surface area (Å²) in [5, 5.41) is 11.9. The van der Waals surface area contributed by atoms with Gasteiger partial charge < -0.3 is 19.9 Å². The molecule has 25 heavy (non-hydrogen) atoms. The van der Waals surface area contributed by atoms with Crippen molar-refractivity contribution in [3.63, 3.8) is 0 Å². The van der Waals surface area contributed by atoms with Crippen molar-refractivity contribution in [2.45, 2.75) is 20.0 Å². The first-order chi connectivity index (χ1) is 11.8. The number of anilines is 1. The van der Waals surface area contributed by atoms with Crippen molar-refractivity contribution in [3.05, 3.63) is 53.1 Å². The van der Waals surface area contributed by atoms with Crippen LogP contribution in [0.5, 0.6) is 11.5 Å². The fourth-order valence-corrected chi connectivity index (χ4v) is 2.24. The fourth-order valence-electron chi connectivity index (χ4n) is 2.01. The molecule has 0 bridgehead atoms. The van der Waals surface area contributed by atoms with Crippen LogP contribution in [0.4, 0.5) is 5.69 Å². The maximum atomic E-state index is 12.2. The van der Waals surface area contributed by atoms with Crippen LogP contribution in [0.15, 0.2) is 42.5 Å². The van der Waals surface area contributed by atoms with Gasteiger partial charge in [-0.2, -0.15) is 0 Å². The Morgan fingerprint density at radius 1 is 1.20 bits per heavy atom. The third kappa shape index (κ3) is 5.69. The van der Waals surface area contributed by atoms with E-state index in [-0.39, 0.29) is 5.91 Å². The van der Waals surface area contributed by atoms with E-state index in [2.05, 4.69) is 5.32 Å². The first-order valence-corrected chi connectivity index (χ1v) is 7.91. The van der Waals surface area contributed by atoms with E-state index in [1.165, 1.54) is 0 Å². The molecule has 0 heterocycles. The Morgan fingerprint density at radius 3 is 2.48 bits per heavy atom. The van der Waals surface area contributed by atoms with Gasteiger partial charge in [0.25, 0.3) is 5.91 Å². The highest BCUT2D eigenvalue weighted by molar-refractivity contribution is 6.30. The van der Waals surface area contributed by atoms with Crippen LogP contribution in [0, 0.1) is 6.92 Å². The Bertz CT molecular complexity index is 761. The quantitative estimate of drug-likeness (QED) is 0.786. The average molecular weight is 364 g/mol. The second kappa shape index (κ2) is 8.39. The first kappa shape index (κ1) is 18.6. The zero-order valence-electron chi connectivity index (χ0n) is 13.8. The molecule has 0 unspecified atom stereocenters. The molecule has 0 aliphatic carbocycles. The molecule has 2 aromatic carbocycles. The largest absolute Gasteiger partial charge is 0.482 e. The van der Waals surface area contributed by atoms with Crippen molar-refractivity contribution < 1.29 is 24.2 Å². The van der Waals surface area contributed by atoms with Crippen LogP contribution in [0.25, 0.3) is 0 Å². The Balaban J connectivity index is 1.93. The van der Waals surface area contributed by atoms with Crippen LogP contribution in [0.3, 0.4) is 0 Å². The fraction of sp³-hybridized carbons (Fsp3) is 0.222. The summed E-state index contributed by atoms with van der Waals surface area (Å²) >= 11 is 5.90. The topological polar surface area (TPSA) is 84.9 Å². The summed E-state index contributed by atoms with van der Waals surface area (Å²) in [4.78, 5) is 22.7. The monoisotopic (exact) mass is 363 g/mol. The second-order valence-electron chi connectivity index (χ2n) is 5.37. The highest BCUT2D eigenvalue weighted by Gasteiger charge is 2.16. The number of carboxylic acid groups (broad SMARTS) is 1. The SMILES string of the molecule is Cc1cc(Cl)ccc1O[C@H](C)C(=O)Nc1ccc(OCC(=O)O)cc1. The number of carboxylic acids is 1. The van der Waals surface area contributed by atoms with Crippen molar-refractivity contribution in [2.24, 2.45) is 0 Å². The van der Waals surface area contributed by atoms with Gasteiger partial charge in [0.1, 0.15) is 11.5 Å². The predicted molar refractivity (Wildman–Crippen MR) is 94.5 cm³/mol. The smallest absolute Gasteiger partial charge is 0.341 e. The van der Waals surface area contributed by atoms with Gasteiger partial charge in [-0.05, 0) is 61.9 Å². The standard InChI is InChI=1S/C18H18ClNO5/c1-11-9-13(19)3-8-16(11)25-12(2)18(23)20-14-4-6-15(7-5-14)24-10-17(21)22/h3-9,12H,10H2,1-2H3,(H,20,23)(H,21,22)/t12-/m1/s1. The molecule has 0 aromatic heterocycles. The number of nitrogens with one attached hydrogen (secondary N) is 1. The Morgan fingerprint density at radius 2 is 1.88 bits per heavy atom. The zero-order valence-corrected chi connectivity index (χ0v) is 14.5. The second-order valence-corrected chi connectivity index (χ2v) is 5.80. The molecule has 2 rings (SSSR count). The van der Waals surface area contributed by atoms with Gasteiger partial charge in [0.05, 0.1) is 0 Å². The van der Waals surface area contributed by atoms with Crippen LogP contribution in [0.1, 0.15) is 12.5 Å². The van der Waals surface area contributed by atoms with E-state index in [0.717, 1.165) is 5.56 Å². The lowest BCUT2D eigenvalue weighted by molar-refractivity contribution is -0.139. The maximum Gasteiger partial charge on any atom is 0.341 e. The van der Waals surface area contributed by atoms with Gasteiger partial charge in [-0.15, -0.1) is 0 Å². The lowest BCUT2D eigenvalue weighted by Crippen LogP contribution is -2.30. The number of carbonyl (C=O) groups is 2. The summed E-state index contributed by atoms with van der Waals surface area (Å²) in [7, 11) is 0. The Hall–Kier alpha value is -2.73. The van der Waals surface area contributed by atoms with Gasteiger partial charge in [-0.25, -0.2) is 4.79 Å². The zero-order chi connectivity index (χ0) is 18.4. The molecular formula is C18H18ClNO5. The van der Waals surface area contributed by atoms with Gasteiger partial charge in [-0.3, -0.25) is 4.79 Å². The molecule has 0 fully saturated rings. The number of hydrogen-bond acceptors (Lipinski definition) is 4. The van der Waals surface area contributed by atoms with Crippen LogP contribution in [0.2, 0.25) is 5.02 Å². The number of rotatable bonds is 7. The lowest BCUT2D eigenvalue weighted by atomic mass is 10.2. The highest BCUT2D eigenvalue weighted by Crippen LogP contribution is 2.23. The number of carbonyl (C=O) groups excluding carboxylic acids is 1. The first-order valence-electron chi connectivity index (χ1n) is 7.53. The minimum Gasteiger partial charge on any atom is -0.482 e. The van der Waals surface area contributed by atoms with Crippen LogP contribution in [-0.4, -0.2) is 29.7 Å². The summed E-state index contributed by atoms with van der Waals surface area (Å²) < 4.78 is 10.7. The summed E-state index contributed by atoms with van der Waals surface area (Å²) in [6.45, 7) is 3.08. The van der Waals surface area contributed by atoms with Gasteiger partial charge in [0, 0.05) is 10.7 Å². The molecule has 0 saturated carbocycles.